The standard InChI is InChI=1S/C24H26N2O/c1-2-12-25-24(27)18-10-11-20-19(14-18)21-16-8-9-17(13-16)22(21)23(26-20)15-6-4-3-5-7-15/h2-7,10-11,14,16-17,21-23,26H,1,8-9,12-13H2,(H,25,27)/t16-,17+,21+,22+,23+/m1/s1. The Morgan fingerprint density at radius 1 is 1.15 bits per heavy atom. The van der Waals surface area contributed by atoms with Crippen LogP contribution >= 0.6 is 0 Å². The third-order valence-corrected chi connectivity index (χ3v) is 6.92. The number of amides is 1. The van der Waals surface area contributed by atoms with Crippen molar-refractivity contribution in [3.63, 3.8) is 0 Å². The first-order valence-corrected chi connectivity index (χ1v) is 10.1. The van der Waals surface area contributed by atoms with Crippen molar-refractivity contribution in [1.82, 2.24) is 5.32 Å². The average molecular weight is 358 g/mol. The van der Waals surface area contributed by atoms with E-state index < -0.39 is 0 Å². The molecular formula is C24H26N2O. The monoisotopic (exact) mass is 358 g/mol. The molecule has 1 amide bonds. The summed E-state index contributed by atoms with van der Waals surface area (Å²) in [5, 5.41) is 6.74. The summed E-state index contributed by atoms with van der Waals surface area (Å²) in [4.78, 5) is 12.4. The van der Waals surface area contributed by atoms with Crippen LogP contribution < -0.4 is 10.6 Å². The van der Waals surface area contributed by atoms with Crippen LogP contribution in [0.15, 0.2) is 61.2 Å². The summed E-state index contributed by atoms with van der Waals surface area (Å²) in [7, 11) is 0. The molecule has 3 heteroatoms. The predicted molar refractivity (Wildman–Crippen MR) is 109 cm³/mol. The van der Waals surface area contributed by atoms with Gasteiger partial charge in [-0.3, -0.25) is 4.79 Å². The van der Waals surface area contributed by atoms with Crippen molar-refractivity contribution in [2.24, 2.45) is 17.8 Å². The van der Waals surface area contributed by atoms with E-state index in [0.717, 1.165) is 17.4 Å². The number of hydrogen-bond acceptors (Lipinski definition) is 2. The summed E-state index contributed by atoms with van der Waals surface area (Å²) in [5.74, 6) is 2.74. The van der Waals surface area contributed by atoms with Gasteiger partial charge in [0, 0.05) is 17.8 Å². The molecule has 0 unspecified atom stereocenters. The SMILES string of the molecule is C=CCNC(=O)c1ccc2c(c1)[C@@H]1[C@@H]3CC[C@@H](C3)[C@@H]1[C@H](c1ccccc1)N2. The van der Waals surface area contributed by atoms with E-state index in [4.69, 9.17) is 0 Å². The molecule has 0 saturated heterocycles. The molecule has 27 heavy (non-hydrogen) atoms. The van der Waals surface area contributed by atoms with Gasteiger partial charge in [-0.15, -0.1) is 6.58 Å². The Morgan fingerprint density at radius 2 is 1.96 bits per heavy atom. The van der Waals surface area contributed by atoms with Crippen molar-refractivity contribution in [3.8, 4) is 0 Å². The summed E-state index contributed by atoms with van der Waals surface area (Å²) in [6.07, 6.45) is 5.74. The topological polar surface area (TPSA) is 41.1 Å². The van der Waals surface area contributed by atoms with Gasteiger partial charge in [-0.1, -0.05) is 36.4 Å². The molecule has 2 N–H and O–H groups in total. The average Bonchev–Trinajstić information content (AvgIpc) is 3.34. The van der Waals surface area contributed by atoms with Crippen LogP contribution in [0.2, 0.25) is 0 Å². The van der Waals surface area contributed by atoms with Gasteiger partial charge in [-0.2, -0.15) is 0 Å². The van der Waals surface area contributed by atoms with E-state index in [1.807, 2.05) is 6.07 Å². The predicted octanol–water partition coefficient (Wildman–Crippen LogP) is 4.90. The summed E-state index contributed by atoms with van der Waals surface area (Å²) >= 11 is 0. The Labute approximate surface area is 160 Å². The number of fused-ring (bicyclic) bond motifs is 7. The molecule has 5 atom stereocenters. The molecule has 2 aromatic rings. The Balaban J connectivity index is 1.54. The summed E-state index contributed by atoms with van der Waals surface area (Å²) < 4.78 is 0. The minimum atomic E-state index is -0.0115. The van der Waals surface area contributed by atoms with E-state index in [1.165, 1.54) is 36.1 Å². The van der Waals surface area contributed by atoms with Crippen LogP contribution in [0, 0.1) is 17.8 Å². The molecule has 2 saturated carbocycles. The van der Waals surface area contributed by atoms with Crippen LogP contribution in [0.3, 0.4) is 0 Å². The lowest BCUT2D eigenvalue weighted by molar-refractivity contribution is 0.0957. The zero-order chi connectivity index (χ0) is 18.4. The Bertz CT molecular complexity index is 875. The second-order valence-corrected chi connectivity index (χ2v) is 8.27. The Morgan fingerprint density at radius 3 is 2.78 bits per heavy atom. The van der Waals surface area contributed by atoms with E-state index in [-0.39, 0.29) is 5.91 Å². The molecule has 2 fully saturated rings. The maximum Gasteiger partial charge on any atom is 0.251 e. The highest BCUT2D eigenvalue weighted by molar-refractivity contribution is 5.95. The van der Waals surface area contributed by atoms with Crippen molar-refractivity contribution in [3.05, 3.63) is 77.9 Å². The van der Waals surface area contributed by atoms with E-state index >= 15 is 0 Å². The van der Waals surface area contributed by atoms with E-state index in [0.29, 0.717) is 24.4 Å². The molecule has 5 rings (SSSR count). The number of carbonyl (C=O) groups excluding carboxylic acids is 1. The van der Waals surface area contributed by atoms with Crippen LogP contribution in [-0.2, 0) is 0 Å². The molecule has 138 valence electrons. The number of rotatable bonds is 4. The third-order valence-electron chi connectivity index (χ3n) is 6.92. The first kappa shape index (κ1) is 16.6. The maximum atomic E-state index is 12.4. The highest BCUT2D eigenvalue weighted by atomic mass is 16.1. The summed E-state index contributed by atoms with van der Waals surface area (Å²) in [5.41, 5.74) is 4.71. The number of carbonyl (C=O) groups is 1. The molecule has 1 heterocycles. The van der Waals surface area contributed by atoms with Crippen LogP contribution in [0.1, 0.15) is 52.7 Å². The molecule has 3 aliphatic rings. The van der Waals surface area contributed by atoms with Gasteiger partial charge < -0.3 is 10.6 Å². The molecule has 2 aromatic carbocycles. The quantitative estimate of drug-likeness (QED) is 0.763. The first-order chi connectivity index (χ1) is 13.3. The van der Waals surface area contributed by atoms with E-state index in [2.05, 4.69) is 59.7 Å². The minimum absolute atomic E-state index is 0.0115. The summed E-state index contributed by atoms with van der Waals surface area (Å²) in [6.45, 7) is 4.18. The van der Waals surface area contributed by atoms with Crippen LogP contribution in [0.25, 0.3) is 0 Å². The van der Waals surface area contributed by atoms with Crippen molar-refractivity contribution >= 4 is 11.6 Å². The second-order valence-electron chi connectivity index (χ2n) is 8.27. The van der Waals surface area contributed by atoms with Crippen LogP contribution in [0.4, 0.5) is 5.69 Å². The third kappa shape index (κ3) is 2.68. The fourth-order valence-electron chi connectivity index (χ4n) is 5.88. The molecule has 3 nitrogen and oxygen atoms in total. The van der Waals surface area contributed by atoms with E-state index in [9.17, 15) is 4.79 Å². The van der Waals surface area contributed by atoms with Crippen molar-refractivity contribution in [2.45, 2.75) is 31.2 Å². The molecule has 0 aromatic heterocycles. The second kappa shape index (κ2) is 6.56. The van der Waals surface area contributed by atoms with Gasteiger partial charge in [0.15, 0.2) is 0 Å². The lowest BCUT2D eigenvalue weighted by Gasteiger charge is -2.43. The fraction of sp³-hybridized carbons (Fsp3) is 0.375. The number of anilines is 1. The zero-order valence-corrected chi connectivity index (χ0v) is 15.5. The highest BCUT2D eigenvalue weighted by Crippen LogP contribution is 2.63. The van der Waals surface area contributed by atoms with Crippen molar-refractivity contribution in [2.75, 3.05) is 11.9 Å². The molecule has 2 aliphatic carbocycles. The van der Waals surface area contributed by atoms with Gasteiger partial charge in [-0.05, 0) is 72.3 Å². The van der Waals surface area contributed by atoms with Gasteiger partial charge >= 0.3 is 0 Å². The van der Waals surface area contributed by atoms with Crippen LogP contribution in [0.5, 0.6) is 0 Å². The summed E-state index contributed by atoms with van der Waals surface area (Å²) in [6, 6.07) is 17.4. The van der Waals surface area contributed by atoms with Crippen molar-refractivity contribution in [1.29, 1.82) is 0 Å². The first-order valence-electron chi connectivity index (χ1n) is 10.1. The highest BCUT2D eigenvalue weighted by Gasteiger charge is 2.53. The lowest BCUT2D eigenvalue weighted by Crippen LogP contribution is -2.35. The van der Waals surface area contributed by atoms with Gasteiger partial charge in [0.05, 0.1) is 6.04 Å². The van der Waals surface area contributed by atoms with Gasteiger partial charge in [-0.25, -0.2) is 0 Å². The minimum Gasteiger partial charge on any atom is -0.378 e. The normalized spacial score (nSPS) is 30.1. The molecule has 0 radical (unpaired) electrons. The van der Waals surface area contributed by atoms with Crippen LogP contribution in [-0.4, -0.2) is 12.5 Å². The van der Waals surface area contributed by atoms with Crippen molar-refractivity contribution < 1.29 is 4.79 Å². The van der Waals surface area contributed by atoms with Gasteiger partial charge in [0.1, 0.15) is 0 Å². The van der Waals surface area contributed by atoms with Gasteiger partial charge in [0.2, 0.25) is 0 Å². The lowest BCUT2D eigenvalue weighted by atomic mass is 9.68. The Kier molecular flexibility index (Phi) is 4.04. The smallest absolute Gasteiger partial charge is 0.251 e. The largest absolute Gasteiger partial charge is 0.378 e. The van der Waals surface area contributed by atoms with E-state index in [1.54, 1.807) is 6.08 Å². The maximum absolute atomic E-state index is 12.4. The molecule has 0 spiro atoms. The number of nitrogens with one attached hydrogen (secondary N) is 2. The zero-order valence-electron chi connectivity index (χ0n) is 15.5. The molecule has 1 aliphatic heterocycles. The number of benzene rings is 2. The Hall–Kier alpha value is -2.55. The molecular weight excluding hydrogens is 332 g/mol. The van der Waals surface area contributed by atoms with Gasteiger partial charge in [0.25, 0.3) is 5.91 Å². The molecule has 2 bridgehead atoms. The number of hydrogen-bond donors (Lipinski definition) is 2. The fourth-order valence-corrected chi connectivity index (χ4v) is 5.88.